The first-order chi connectivity index (χ1) is 9.18. The van der Waals surface area contributed by atoms with Gasteiger partial charge in [0.15, 0.2) is 0 Å². The summed E-state index contributed by atoms with van der Waals surface area (Å²) in [5.41, 5.74) is 6.26. The number of carbonyl (C=O) groups is 1. The lowest BCUT2D eigenvalue weighted by Gasteiger charge is -2.37. The molecular formula is C16H28N2O. The van der Waals surface area contributed by atoms with Gasteiger partial charge in [0.05, 0.1) is 0 Å². The van der Waals surface area contributed by atoms with Gasteiger partial charge in [-0.05, 0) is 38.0 Å². The van der Waals surface area contributed by atoms with Gasteiger partial charge in [-0.2, -0.15) is 0 Å². The fourth-order valence-electron chi connectivity index (χ4n) is 4.55. The third-order valence-electron chi connectivity index (χ3n) is 5.68. The van der Waals surface area contributed by atoms with Gasteiger partial charge < -0.3 is 10.6 Å². The fraction of sp³-hybridized carbons (Fsp3) is 0.938. The molecule has 2 saturated carbocycles. The molecule has 2 N–H and O–H groups in total. The highest BCUT2D eigenvalue weighted by Crippen LogP contribution is 2.37. The van der Waals surface area contributed by atoms with Gasteiger partial charge in [0.25, 0.3) is 0 Å². The molecule has 1 amide bonds. The average molecular weight is 264 g/mol. The summed E-state index contributed by atoms with van der Waals surface area (Å²) in [4.78, 5) is 14.8. The van der Waals surface area contributed by atoms with Crippen LogP contribution in [0.1, 0.15) is 70.6 Å². The Labute approximate surface area is 116 Å². The van der Waals surface area contributed by atoms with Crippen LogP contribution < -0.4 is 5.73 Å². The number of nitrogens with zero attached hydrogens (tertiary/aromatic N) is 1. The van der Waals surface area contributed by atoms with E-state index >= 15 is 0 Å². The van der Waals surface area contributed by atoms with Crippen LogP contribution in [0.5, 0.6) is 0 Å². The number of fused-ring (bicyclic) bond motifs is 1. The summed E-state index contributed by atoms with van der Waals surface area (Å²) in [5.74, 6) is 1.14. The molecule has 0 spiro atoms. The van der Waals surface area contributed by atoms with Crippen LogP contribution in [-0.2, 0) is 4.79 Å². The molecule has 0 aromatic carbocycles. The van der Waals surface area contributed by atoms with Crippen molar-refractivity contribution in [2.45, 2.75) is 82.2 Å². The zero-order chi connectivity index (χ0) is 13.3. The summed E-state index contributed by atoms with van der Waals surface area (Å²) >= 11 is 0. The van der Waals surface area contributed by atoms with Crippen molar-refractivity contribution in [3.63, 3.8) is 0 Å². The molecule has 1 heterocycles. The Morgan fingerprint density at radius 1 is 1.05 bits per heavy atom. The molecule has 2 unspecified atom stereocenters. The molecule has 3 rings (SSSR count). The Bertz CT molecular complexity index is 336. The molecule has 1 saturated heterocycles. The smallest absolute Gasteiger partial charge is 0.224 e. The van der Waals surface area contributed by atoms with Crippen LogP contribution in [-0.4, -0.2) is 28.9 Å². The first-order valence-corrected chi connectivity index (χ1v) is 8.26. The van der Waals surface area contributed by atoms with Gasteiger partial charge in [0.1, 0.15) is 0 Å². The minimum atomic E-state index is -0.192. The molecule has 108 valence electrons. The first-order valence-electron chi connectivity index (χ1n) is 8.26. The van der Waals surface area contributed by atoms with E-state index in [1.165, 1.54) is 51.4 Å². The van der Waals surface area contributed by atoms with Crippen LogP contribution in [0.15, 0.2) is 0 Å². The summed E-state index contributed by atoms with van der Waals surface area (Å²) in [6.45, 7) is 0.990. The number of carbonyl (C=O) groups excluding carboxylic acids is 1. The van der Waals surface area contributed by atoms with Gasteiger partial charge in [-0.1, -0.05) is 32.1 Å². The van der Waals surface area contributed by atoms with Crippen molar-refractivity contribution in [2.75, 3.05) is 6.54 Å². The van der Waals surface area contributed by atoms with Crippen LogP contribution in [0, 0.1) is 5.92 Å². The van der Waals surface area contributed by atoms with E-state index in [2.05, 4.69) is 4.90 Å². The van der Waals surface area contributed by atoms with Crippen LogP contribution >= 0.6 is 0 Å². The lowest BCUT2D eigenvalue weighted by molar-refractivity contribution is -0.134. The summed E-state index contributed by atoms with van der Waals surface area (Å²) in [6, 6.07) is 0.549. The summed E-state index contributed by atoms with van der Waals surface area (Å²) in [6.07, 6.45) is 12.8. The molecule has 2 atom stereocenters. The third-order valence-corrected chi connectivity index (χ3v) is 5.68. The fourth-order valence-corrected chi connectivity index (χ4v) is 4.55. The van der Waals surface area contributed by atoms with Crippen molar-refractivity contribution in [3.8, 4) is 0 Å². The SMILES string of the molecule is NC1(CC(=O)N2CCC3CCCCC32)CCCCC1. The van der Waals surface area contributed by atoms with Crippen molar-refractivity contribution < 1.29 is 4.79 Å². The minimum absolute atomic E-state index is 0.192. The quantitative estimate of drug-likeness (QED) is 0.833. The summed E-state index contributed by atoms with van der Waals surface area (Å²) in [7, 11) is 0. The average Bonchev–Trinajstić information content (AvgIpc) is 2.83. The monoisotopic (exact) mass is 264 g/mol. The van der Waals surface area contributed by atoms with E-state index in [4.69, 9.17) is 5.73 Å². The number of hydrogen-bond acceptors (Lipinski definition) is 2. The highest BCUT2D eigenvalue weighted by molar-refractivity contribution is 5.78. The predicted molar refractivity (Wildman–Crippen MR) is 76.7 cm³/mol. The summed E-state index contributed by atoms with van der Waals surface area (Å²) < 4.78 is 0. The normalized spacial score (nSPS) is 34.1. The van der Waals surface area contributed by atoms with E-state index in [1.807, 2.05) is 0 Å². The second-order valence-corrected chi connectivity index (χ2v) is 7.09. The summed E-state index contributed by atoms with van der Waals surface area (Å²) in [5, 5.41) is 0. The van der Waals surface area contributed by atoms with E-state index < -0.39 is 0 Å². The molecule has 3 heteroatoms. The van der Waals surface area contributed by atoms with Gasteiger partial charge in [0.2, 0.25) is 5.91 Å². The van der Waals surface area contributed by atoms with E-state index in [9.17, 15) is 4.79 Å². The molecule has 0 aromatic rings. The van der Waals surface area contributed by atoms with Crippen molar-refractivity contribution in [3.05, 3.63) is 0 Å². The van der Waals surface area contributed by atoms with Gasteiger partial charge in [-0.15, -0.1) is 0 Å². The van der Waals surface area contributed by atoms with Gasteiger partial charge >= 0.3 is 0 Å². The van der Waals surface area contributed by atoms with Crippen LogP contribution in [0.3, 0.4) is 0 Å². The van der Waals surface area contributed by atoms with Gasteiger partial charge in [-0.3, -0.25) is 4.79 Å². The third kappa shape index (κ3) is 2.81. The molecule has 3 nitrogen and oxygen atoms in total. The van der Waals surface area contributed by atoms with Crippen LogP contribution in [0.2, 0.25) is 0 Å². The largest absolute Gasteiger partial charge is 0.339 e. The maximum absolute atomic E-state index is 12.6. The lowest BCUT2D eigenvalue weighted by Crippen LogP contribution is -2.48. The molecule has 19 heavy (non-hydrogen) atoms. The van der Waals surface area contributed by atoms with E-state index in [1.54, 1.807) is 0 Å². The maximum Gasteiger partial charge on any atom is 0.224 e. The molecule has 3 aliphatic rings. The highest BCUT2D eigenvalue weighted by atomic mass is 16.2. The molecule has 0 aromatic heterocycles. The lowest BCUT2D eigenvalue weighted by atomic mass is 9.79. The Hall–Kier alpha value is -0.570. The number of nitrogens with two attached hydrogens (primary N) is 1. The zero-order valence-corrected chi connectivity index (χ0v) is 12.1. The Morgan fingerprint density at radius 2 is 1.79 bits per heavy atom. The van der Waals surface area contributed by atoms with E-state index in [-0.39, 0.29) is 5.54 Å². The molecule has 1 aliphatic heterocycles. The Kier molecular flexibility index (Phi) is 3.84. The van der Waals surface area contributed by atoms with Crippen molar-refractivity contribution in [2.24, 2.45) is 11.7 Å². The molecule has 2 aliphatic carbocycles. The second kappa shape index (κ2) is 5.43. The second-order valence-electron chi connectivity index (χ2n) is 7.09. The Balaban J connectivity index is 1.60. The number of hydrogen-bond donors (Lipinski definition) is 1. The van der Waals surface area contributed by atoms with Crippen molar-refractivity contribution >= 4 is 5.91 Å². The van der Waals surface area contributed by atoms with Gasteiger partial charge in [0, 0.05) is 24.5 Å². The zero-order valence-electron chi connectivity index (χ0n) is 12.1. The first kappa shape index (κ1) is 13.4. The molecule has 0 radical (unpaired) electrons. The molecular weight excluding hydrogens is 236 g/mol. The van der Waals surface area contributed by atoms with Gasteiger partial charge in [-0.25, -0.2) is 0 Å². The molecule has 0 bridgehead atoms. The highest BCUT2D eigenvalue weighted by Gasteiger charge is 2.40. The van der Waals surface area contributed by atoms with Crippen molar-refractivity contribution in [1.29, 1.82) is 0 Å². The number of likely N-dealkylation sites (tertiary alicyclic amines) is 1. The number of rotatable bonds is 2. The maximum atomic E-state index is 12.6. The van der Waals surface area contributed by atoms with E-state index in [0.717, 1.165) is 25.3 Å². The minimum Gasteiger partial charge on any atom is -0.339 e. The number of amides is 1. The van der Waals surface area contributed by atoms with Crippen LogP contribution in [0.4, 0.5) is 0 Å². The van der Waals surface area contributed by atoms with Crippen molar-refractivity contribution in [1.82, 2.24) is 4.90 Å². The van der Waals surface area contributed by atoms with Crippen LogP contribution in [0.25, 0.3) is 0 Å². The Morgan fingerprint density at radius 3 is 2.58 bits per heavy atom. The standard InChI is InChI=1S/C16H28N2O/c17-16(9-4-1-5-10-16)12-15(19)18-11-8-13-6-2-3-7-14(13)18/h13-14H,1-12,17H2. The topological polar surface area (TPSA) is 46.3 Å². The molecule has 3 fully saturated rings. The predicted octanol–water partition coefficient (Wildman–Crippen LogP) is 2.83. The van der Waals surface area contributed by atoms with E-state index in [0.29, 0.717) is 18.4 Å².